The van der Waals surface area contributed by atoms with Crippen LogP contribution in [0.4, 0.5) is 13.2 Å². The third-order valence-electron chi connectivity index (χ3n) is 4.00. The molecule has 0 unspecified atom stereocenters. The molecule has 0 N–H and O–H groups in total. The van der Waals surface area contributed by atoms with Gasteiger partial charge < -0.3 is 4.90 Å². The second-order valence-electron chi connectivity index (χ2n) is 5.34. The molecule has 1 amide bonds. The molecular formula is C15H17BrF3NO. The molecule has 2 nitrogen and oxygen atoms in total. The number of carbonyl (C=O) groups excluding carboxylic acids is 1. The number of amides is 1. The second kappa shape index (κ2) is 6.38. The minimum atomic E-state index is -4.44. The van der Waals surface area contributed by atoms with E-state index in [1.54, 1.807) is 4.90 Å². The zero-order valence-corrected chi connectivity index (χ0v) is 13.3. The minimum absolute atomic E-state index is 0.0831. The van der Waals surface area contributed by atoms with E-state index in [2.05, 4.69) is 22.9 Å². The summed E-state index contributed by atoms with van der Waals surface area (Å²) in [6.07, 6.45) is -1.53. The molecule has 0 radical (unpaired) electrons. The fraction of sp³-hybridized carbons (Fsp3) is 0.533. The summed E-state index contributed by atoms with van der Waals surface area (Å²) in [5.41, 5.74) is -0.711. The van der Waals surface area contributed by atoms with Gasteiger partial charge in [-0.1, -0.05) is 13.3 Å². The third-order valence-corrected chi connectivity index (χ3v) is 4.69. The lowest BCUT2D eigenvalue weighted by Crippen LogP contribution is -2.38. The van der Waals surface area contributed by atoms with Gasteiger partial charge in [0.15, 0.2) is 0 Å². The molecule has 2 rings (SSSR count). The Morgan fingerprint density at radius 3 is 2.48 bits per heavy atom. The van der Waals surface area contributed by atoms with Crippen LogP contribution in [0.5, 0.6) is 0 Å². The van der Waals surface area contributed by atoms with Crippen LogP contribution < -0.4 is 0 Å². The van der Waals surface area contributed by atoms with Crippen molar-refractivity contribution in [1.82, 2.24) is 4.90 Å². The van der Waals surface area contributed by atoms with Crippen molar-refractivity contribution in [2.75, 3.05) is 13.1 Å². The van der Waals surface area contributed by atoms with E-state index in [9.17, 15) is 18.0 Å². The zero-order valence-electron chi connectivity index (χ0n) is 11.7. The summed E-state index contributed by atoms with van der Waals surface area (Å²) >= 11 is 3.18. The summed E-state index contributed by atoms with van der Waals surface area (Å²) in [4.78, 5) is 14.1. The number of hydrogen-bond donors (Lipinski definition) is 0. The van der Waals surface area contributed by atoms with Gasteiger partial charge in [0, 0.05) is 17.6 Å². The van der Waals surface area contributed by atoms with Gasteiger partial charge in [-0.2, -0.15) is 13.2 Å². The number of alkyl halides is 3. The molecule has 0 saturated carbocycles. The highest BCUT2D eigenvalue weighted by Gasteiger charge is 2.32. The van der Waals surface area contributed by atoms with Gasteiger partial charge in [-0.3, -0.25) is 4.79 Å². The minimum Gasteiger partial charge on any atom is -0.339 e. The molecule has 1 aromatic rings. The molecule has 6 heteroatoms. The molecule has 1 aromatic carbocycles. The van der Waals surface area contributed by atoms with Gasteiger partial charge in [0.1, 0.15) is 0 Å². The van der Waals surface area contributed by atoms with Gasteiger partial charge in [0.25, 0.3) is 5.91 Å². The normalized spacial score (nSPS) is 17.1. The molecular weight excluding hydrogens is 347 g/mol. The Hall–Kier alpha value is -1.04. The predicted molar refractivity (Wildman–Crippen MR) is 78.1 cm³/mol. The highest BCUT2D eigenvalue weighted by Crippen LogP contribution is 2.32. The van der Waals surface area contributed by atoms with Crippen molar-refractivity contribution in [3.63, 3.8) is 0 Å². The summed E-state index contributed by atoms with van der Waals surface area (Å²) in [6, 6.07) is 3.19. The Balaban J connectivity index is 2.19. The van der Waals surface area contributed by atoms with Gasteiger partial charge in [0.05, 0.1) is 11.1 Å². The SMILES string of the molecule is CCC1CCN(C(=O)c2cc(C(F)(F)F)ccc2Br)CC1. The van der Waals surface area contributed by atoms with Crippen LogP contribution in [0, 0.1) is 5.92 Å². The average Bonchev–Trinajstić information content (AvgIpc) is 2.46. The van der Waals surface area contributed by atoms with E-state index in [0.717, 1.165) is 31.4 Å². The molecule has 0 atom stereocenters. The van der Waals surface area contributed by atoms with E-state index in [-0.39, 0.29) is 11.5 Å². The molecule has 0 bridgehead atoms. The van der Waals surface area contributed by atoms with Crippen molar-refractivity contribution in [3.8, 4) is 0 Å². The smallest absolute Gasteiger partial charge is 0.339 e. The first kappa shape index (κ1) is 16.3. The number of halogens is 4. The van der Waals surface area contributed by atoms with E-state index >= 15 is 0 Å². The Kier molecular flexibility index (Phi) is 4.96. The molecule has 116 valence electrons. The summed E-state index contributed by atoms with van der Waals surface area (Å²) in [5, 5.41) is 0. The van der Waals surface area contributed by atoms with Gasteiger partial charge in [-0.15, -0.1) is 0 Å². The van der Waals surface area contributed by atoms with Crippen LogP contribution in [-0.4, -0.2) is 23.9 Å². The van der Waals surface area contributed by atoms with Crippen molar-refractivity contribution >= 4 is 21.8 Å². The van der Waals surface area contributed by atoms with Gasteiger partial charge in [0.2, 0.25) is 0 Å². The zero-order chi connectivity index (χ0) is 15.6. The molecule has 0 spiro atoms. The highest BCUT2D eigenvalue weighted by atomic mass is 79.9. The number of nitrogens with zero attached hydrogens (tertiary/aromatic N) is 1. The van der Waals surface area contributed by atoms with Crippen molar-refractivity contribution in [2.45, 2.75) is 32.4 Å². The van der Waals surface area contributed by atoms with E-state index in [1.807, 2.05) is 0 Å². The van der Waals surface area contributed by atoms with Crippen molar-refractivity contribution < 1.29 is 18.0 Å². The predicted octanol–water partition coefficient (Wildman–Crippen LogP) is 4.73. The topological polar surface area (TPSA) is 20.3 Å². The van der Waals surface area contributed by atoms with Crippen LogP contribution in [0.2, 0.25) is 0 Å². The number of likely N-dealkylation sites (tertiary alicyclic amines) is 1. The number of benzene rings is 1. The van der Waals surface area contributed by atoms with Crippen LogP contribution in [0.3, 0.4) is 0 Å². The Labute approximate surface area is 130 Å². The summed E-state index contributed by atoms with van der Waals surface area (Å²) in [5.74, 6) is 0.279. The lowest BCUT2D eigenvalue weighted by Gasteiger charge is -2.32. The monoisotopic (exact) mass is 363 g/mol. The van der Waals surface area contributed by atoms with Crippen molar-refractivity contribution in [3.05, 3.63) is 33.8 Å². The summed E-state index contributed by atoms with van der Waals surface area (Å²) in [7, 11) is 0. The van der Waals surface area contributed by atoms with Crippen LogP contribution >= 0.6 is 15.9 Å². The second-order valence-corrected chi connectivity index (χ2v) is 6.19. The highest BCUT2D eigenvalue weighted by molar-refractivity contribution is 9.10. The first-order valence-corrected chi connectivity index (χ1v) is 7.78. The van der Waals surface area contributed by atoms with E-state index in [0.29, 0.717) is 23.5 Å². The van der Waals surface area contributed by atoms with Gasteiger partial charge in [-0.25, -0.2) is 0 Å². The molecule has 1 saturated heterocycles. The molecule has 1 fully saturated rings. The molecule has 1 aliphatic heterocycles. The maximum Gasteiger partial charge on any atom is 0.416 e. The van der Waals surface area contributed by atoms with E-state index in [4.69, 9.17) is 0 Å². The first-order valence-electron chi connectivity index (χ1n) is 6.99. The van der Waals surface area contributed by atoms with E-state index < -0.39 is 11.7 Å². The van der Waals surface area contributed by atoms with Gasteiger partial charge in [-0.05, 0) is 52.9 Å². The Morgan fingerprint density at radius 1 is 1.33 bits per heavy atom. The first-order chi connectivity index (χ1) is 9.82. The number of rotatable bonds is 2. The van der Waals surface area contributed by atoms with Gasteiger partial charge >= 0.3 is 6.18 Å². The standard InChI is InChI=1S/C15H17BrF3NO/c1-2-10-5-7-20(8-6-10)14(21)12-9-11(15(17,18)19)3-4-13(12)16/h3-4,9-10H,2,5-8H2,1H3. The number of piperidine rings is 1. The molecule has 0 aromatic heterocycles. The maximum atomic E-state index is 12.8. The average molecular weight is 364 g/mol. The van der Waals surface area contributed by atoms with Crippen LogP contribution in [0.15, 0.2) is 22.7 Å². The van der Waals surface area contributed by atoms with Crippen LogP contribution in [0.25, 0.3) is 0 Å². The quantitative estimate of drug-likeness (QED) is 0.743. The fourth-order valence-corrected chi connectivity index (χ4v) is 3.00. The lowest BCUT2D eigenvalue weighted by molar-refractivity contribution is -0.137. The van der Waals surface area contributed by atoms with E-state index in [1.165, 1.54) is 6.07 Å². The number of hydrogen-bond acceptors (Lipinski definition) is 1. The molecule has 1 heterocycles. The molecule has 21 heavy (non-hydrogen) atoms. The summed E-state index contributed by atoms with van der Waals surface area (Å²) < 4.78 is 38.7. The summed E-state index contributed by atoms with van der Waals surface area (Å²) in [6.45, 7) is 3.34. The molecule has 1 aliphatic rings. The Morgan fingerprint density at radius 2 is 1.95 bits per heavy atom. The van der Waals surface area contributed by atoms with Crippen molar-refractivity contribution in [1.29, 1.82) is 0 Å². The third kappa shape index (κ3) is 3.78. The maximum absolute atomic E-state index is 12.8. The Bertz CT molecular complexity index is 522. The largest absolute Gasteiger partial charge is 0.416 e. The number of carbonyl (C=O) groups is 1. The fourth-order valence-electron chi connectivity index (χ4n) is 2.58. The lowest BCUT2D eigenvalue weighted by atomic mass is 9.94. The van der Waals surface area contributed by atoms with Crippen molar-refractivity contribution in [2.24, 2.45) is 5.92 Å². The molecule has 0 aliphatic carbocycles. The van der Waals surface area contributed by atoms with Crippen LogP contribution in [0.1, 0.15) is 42.1 Å². The van der Waals surface area contributed by atoms with Crippen LogP contribution in [-0.2, 0) is 6.18 Å².